The topological polar surface area (TPSA) is 8.17 Å². The number of rotatable bonds is 4. The molecule has 0 saturated heterocycles. The van der Waals surface area contributed by atoms with E-state index in [4.69, 9.17) is 0 Å². The SMILES string of the molecule is c1ccc(N(c2ccc3c4ccccc4n(-c4ccccc4)c3c2)c2cccc3c2ccc2c4ccccc4ccc32)cc1. The summed E-state index contributed by atoms with van der Waals surface area (Å²) >= 11 is 0. The average molecular weight is 561 g/mol. The highest BCUT2D eigenvalue weighted by molar-refractivity contribution is 6.20. The first-order valence-corrected chi connectivity index (χ1v) is 15.1. The molecule has 9 rings (SSSR count). The lowest BCUT2D eigenvalue weighted by Gasteiger charge is -2.27. The lowest BCUT2D eigenvalue weighted by atomic mass is 9.96. The average Bonchev–Trinajstić information content (AvgIpc) is 3.43. The summed E-state index contributed by atoms with van der Waals surface area (Å²) in [5, 5.41) is 10.1. The standard InChI is InChI=1S/C42H28N2/c1-3-13-30(14-4-1)43(40-21-11-19-34-36-24-22-29-12-7-8-17-33(29)35(36)26-27-38(34)40)32-23-25-39-37-18-9-10-20-41(37)44(42(39)28-32)31-15-5-2-6-16-31/h1-28H. The van der Waals surface area contributed by atoms with Gasteiger partial charge in [0.1, 0.15) is 0 Å². The lowest BCUT2D eigenvalue weighted by Crippen LogP contribution is -2.10. The molecule has 0 spiro atoms. The summed E-state index contributed by atoms with van der Waals surface area (Å²) in [7, 11) is 0. The van der Waals surface area contributed by atoms with Gasteiger partial charge in [-0.05, 0) is 75.5 Å². The number of aromatic nitrogens is 1. The Bertz CT molecular complexity index is 2490. The maximum absolute atomic E-state index is 2.40. The molecular formula is C42H28N2. The van der Waals surface area contributed by atoms with Crippen LogP contribution in [0.3, 0.4) is 0 Å². The smallest absolute Gasteiger partial charge is 0.0561 e. The predicted molar refractivity (Wildman–Crippen MR) is 188 cm³/mol. The van der Waals surface area contributed by atoms with Crippen LogP contribution in [0.1, 0.15) is 0 Å². The second-order valence-corrected chi connectivity index (χ2v) is 11.4. The van der Waals surface area contributed by atoms with Gasteiger partial charge >= 0.3 is 0 Å². The van der Waals surface area contributed by atoms with E-state index in [-0.39, 0.29) is 0 Å². The summed E-state index contributed by atoms with van der Waals surface area (Å²) in [4.78, 5) is 2.40. The minimum atomic E-state index is 1.12. The molecule has 0 fully saturated rings. The van der Waals surface area contributed by atoms with Crippen molar-refractivity contribution in [3.05, 3.63) is 170 Å². The van der Waals surface area contributed by atoms with Gasteiger partial charge in [0.15, 0.2) is 0 Å². The molecule has 0 N–H and O–H groups in total. The third-order valence-electron chi connectivity index (χ3n) is 8.95. The van der Waals surface area contributed by atoms with Crippen molar-refractivity contribution in [1.29, 1.82) is 0 Å². The fraction of sp³-hybridized carbons (Fsp3) is 0. The zero-order chi connectivity index (χ0) is 29.0. The van der Waals surface area contributed by atoms with Crippen LogP contribution in [0.2, 0.25) is 0 Å². The molecule has 0 amide bonds. The third kappa shape index (κ3) is 3.75. The second-order valence-electron chi connectivity index (χ2n) is 11.4. The highest BCUT2D eigenvalue weighted by atomic mass is 15.1. The van der Waals surface area contributed by atoms with Crippen molar-refractivity contribution in [2.24, 2.45) is 0 Å². The molecule has 0 aliphatic rings. The third-order valence-corrected chi connectivity index (χ3v) is 8.95. The molecule has 9 aromatic rings. The van der Waals surface area contributed by atoms with E-state index in [0.717, 1.165) is 22.7 Å². The zero-order valence-corrected chi connectivity index (χ0v) is 24.1. The first-order valence-electron chi connectivity index (χ1n) is 15.1. The summed E-state index contributed by atoms with van der Waals surface area (Å²) in [5.74, 6) is 0. The van der Waals surface area contributed by atoms with E-state index in [1.807, 2.05) is 0 Å². The highest BCUT2D eigenvalue weighted by Gasteiger charge is 2.19. The molecule has 0 bridgehead atoms. The number of fused-ring (bicyclic) bond motifs is 8. The van der Waals surface area contributed by atoms with Gasteiger partial charge in [0.05, 0.1) is 16.7 Å². The Morgan fingerprint density at radius 3 is 1.80 bits per heavy atom. The Balaban J connectivity index is 1.33. The first kappa shape index (κ1) is 24.7. The van der Waals surface area contributed by atoms with Gasteiger partial charge in [0.25, 0.3) is 0 Å². The van der Waals surface area contributed by atoms with Crippen LogP contribution in [0.4, 0.5) is 17.1 Å². The minimum absolute atomic E-state index is 1.12. The van der Waals surface area contributed by atoms with E-state index < -0.39 is 0 Å². The monoisotopic (exact) mass is 560 g/mol. The molecule has 1 heterocycles. The maximum Gasteiger partial charge on any atom is 0.0561 e. The molecule has 0 radical (unpaired) electrons. The van der Waals surface area contributed by atoms with Gasteiger partial charge in [-0.15, -0.1) is 0 Å². The van der Waals surface area contributed by atoms with E-state index in [2.05, 4.69) is 179 Å². The fourth-order valence-electron chi connectivity index (χ4n) is 6.99. The molecule has 0 unspecified atom stereocenters. The summed E-state index contributed by atoms with van der Waals surface area (Å²) in [6.07, 6.45) is 0. The minimum Gasteiger partial charge on any atom is -0.310 e. The number of anilines is 3. The number of nitrogens with zero attached hydrogens (tertiary/aromatic N) is 2. The zero-order valence-electron chi connectivity index (χ0n) is 24.1. The van der Waals surface area contributed by atoms with Crippen molar-refractivity contribution >= 4 is 71.2 Å². The predicted octanol–water partition coefficient (Wildman–Crippen LogP) is 11.7. The summed E-state index contributed by atoms with van der Waals surface area (Å²) in [6, 6.07) is 61.5. The first-order chi connectivity index (χ1) is 21.8. The summed E-state index contributed by atoms with van der Waals surface area (Å²) < 4.78 is 2.39. The van der Waals surface area contributed by atoms with Gasteiger partial charge in [-0.3, -0.25) is 0 Å². The normalized spacial score (nSPS) is 11.6. The van der Waals surface area contributed by atoms with Gasteiger partial charge in [-0.1, -0.05) is 121 Å². The van der Waals surface area contributed by atoms with Crippen molar-refractivity contribution in [3.63, 3.8) is 0 Å². The van der Waals surface area contributed by atoms with Crippen molar-refractivity contribution < 1.29 is 0 Å². The maximum atomic E-state index is 2.40. The summed E-state index contributed by atoms with van der Waals surface area (Å²) in [5.41, 5.74) is 6.96. The van der Waals surface area contributed by atoms with E-state index in [1.54, 1.807) is 0 Å². The lowest BCUT2D eigenvalue weighted by molar-refractivity contribution is 1.18. The van der Waals surface area contributed by atoms with E-state index >= 15 is 0 Å². The fourth-order valence-corrected chi connectivity index (χ4v) is 6.99. The Morgan fingerprint density at radius 2 is 0.932 bits per heavy atom. The molecule has 0 aliphatic heterocycles. The van der Waals surface area contributed by atoms with Crippen LogP contribution >= 0.6 is 0 Å². The van der Waals surface area contributed by atoms with E-state index in [9.17, 15) is 0 Å². The number of hydrogen-bond donors (Lipinski definition) is 0. The van der Waals surface area contributed by atoms with Crippen LogP contribution in [0, 0.1) is 0 Å². The van der Waals surface area contributed by atoms with Crippen LogP contribution in [0.5, 0.6) is 0 Å². The molecule has 8 aromatic carbocycles. The van der Waals surface area contributed by atoms with Crippen LogP contribution in [0.15, 0.2) is 170 Å². The van der Waals surface area contributed by atoms with Crippen molar-refractivity contribution in [2.75, 3.05) is 4.90 Å². The van der Waals surface area contributed by atoms with E-state index in [1.165, 1.54) is 54.1 Å². The van der Waals surface area contributed by atoms with Crippen molar-refractivity contribution in [1.82, 2.24) is 4.57 Å². The van der Waals surface area contributed by atoms with Gasteiger partial charge in [-0.25, -0.2) is 0 Å². The quantitative estimate of drug-likeness (QED) is 0.194. The summed E-state index contributed by atoms with van der Waals surface area (Å²) in [6.45, 7) is 0. The molecule has 0 atom stereocenters. The molecule has 2 nitrogen and oxygen atoms in total. The van der Waals surface area contributed by atoms with Crippen molar-refractivity contribution in [3.8, 4) is 5.69 Å². The van der Waals surface area contributed by atoms with Crippen LogP contribution in [0.25, 0.3) is 59.8 Å². The van der Waals surface area contributed by atoms with Crippen LogP contribution in [-0.2, 0) is 0 Å². The molecular weight excluding hydrogens is 532 g/mol. The van der Waals surface area contributed by atoms with Gasteiger partial charge in [-0.2, -0.15) is 0 Å². The molecule has 0 saturated carbocycles. The number of para-hydroxylation sites is 3. The second kappa shape index (κ2) is 9.86. The molecule has 206 valence electrons. The van der Waals surface area contributed by atoms with Crippen molar-refractivity contribution in [2.45, 2.75) is 0 Å². The Kier molecular flexibility index (Phi) is 5.54. The largest absolute Gasteiger partial charge is 0.310 e. The Labute approximate surface area is 255 Å². The number of hydrogen-bond acceptors (Lipinski definition) is 1. The Morgan fingerprint density at radius 1 is 0.341 bits per heavy atom. The van der Waals surface area contributed by atoms with Gasteiger partial charge in [0.2, 0.25) is 0 Å². The van der Waals surface area contributed by atoms with Gasteiger partial charge in [0, 0.05) is 33.2 Å². The number of benzene rings is 8. The van der Waals surface area contributed by atoms with Gasteiger partial charge < -0.3 is 9.47 Å². The molecule has 44 heavy (non-hydrogen) atoms. The molecule has 2 heteroatoms. The van der Waals surface area contributed by atoms with Crippen LogP contribution < -0.4 is 4.90 Å². The van der Waals surface area contributed by atoms with E-state index in [0.29, 0.717) is 0 Å². The Hall–Kier alpha value is -5.86. The molecule has 1 aromatic heterocycles. The van der Waals surface area contributed by atoms with Crippen LogP contribution in [-0.4, -0.2) is 4.57 Å². The highest BCUT2D eigenvalue weighted by Crippen LogP contribution is 2.43. The molecule has 0 aliphatic carbocycles.